The third-order valence-electron chi connectivity index (χ3n) is 3.27. The van der Waals surface area contributed by atoms with Gasteiger partial charge in [-0.2, -0.15) is 0 Å². The van der Waals surface area contributed by atoms with Crippen molar-refractivity contribution in [3.8, 4) is 5.75 Å². The van der Waals surface area contributed by atoms with Crippen molar-refractivity contribution in [2.24, 2.45) is 0 Å². The van der Waals surface area contributed by atoms with Gasteiger partial charge in [-0.05, 0) is 25.0 Å². The van der Waals surface area contributed by atoms with E-state index in [0.717, 1.165) is 22.6 Å². The molecular formula is C17H22N2O3. The van der Waals surface area contributed by atoms with Crippen LogP contribution in [0.3, 0.4) is 0 Å². The van der Waals surface area contributed by atoms with Crippen LogP contribution in [0, 0.1) is 13.8 Å². The summed E-state index contributed by atoms with van der Waals surface area (Å²) in [5.74, 6) is 1.60. The minimum atomic E-state index is -0.267. The molecule has 1 amide bonds. The quantitative estimate of drug-likeness (QED) is 0.937. The van der Waals surface area contributed by atoms with Gasteiger partial charge in [-0.25, -0.2) is 0 Å². The summed E-state index contributed by atoms with van der Waals surface area (Å²) >= 11 is 0. The van der Waals surface area contributed by atoms with Crippen molar-refractivity contribution in [2.45, 2.75) is 40.0 Å². The van der Waals surface area contributed by atoms with Crippen molar-refractivity contribution >= 4 is 11.7 Å². The number of nitrogens with one attached hydrogen (secondary N) is 1. The summed E-state index contributed by atoms with van der Waals surface area (Å²) in [6.07, 6.45) is 0. The van der Waals surface area contributed by atoms with Crippen LogP contribution in [0.1, 0.15) is 37.7 Å². The van der Waals surface area contributed by atoms with Crippen LogP contribution in [0.4, 0.5) is 5.82 Å². The fourth-order valence-electron chi connectivity index (χ4n) is 2.03. The maximum absolute atomic E-state index is 11.9. The highest BCUT2D eigenvalue weighted by molar-refractivity contribution is 5.90. The first-order chi connectivity index (χ1) is 10.3. The summed E-state index contributed by atoms with van der Waals surface area (Å²) in [5, 5.41) is 6.53. The zero-order valence-electron chi connectivity index (χ0n) is 13.7. The van der Waals surface area contributed by atoms with Crippen molar-refractivity contribution in [3.05, 3.63) is 41.2 Å². The van der Waals surface area contributed by atoms with Gasteiger partial charge in [0.2, 0.25) is 0 Å². The highest BCUT2D eigenvalue weighted by Gasteiger charge is 2.20. The molecule has 5 nitrogen and oxygen atoms in total. The molecule has 0 unspecified atom stereocenters. The third-order valence-corrected chi connectivity index (χ3v) is 3.27. The molecule has 1 N–H and O–H groups in total. The number of para-hydroxylation sites is 1. The lowest BCUT2D eigenvalue weighted by molar-refractivity contribution is -0.118. The molecule has 2 aromatic rings. The van der Waals surface area contributed by atoms with E-state index >= 15 is 0 Å². The Morgan fingerprint density at radius 2 is 1.91 bits per heavy atom. The van der Waals surface area contributed by atoms with Crippen molar-refractivity contribution < 1.29 is 14.1 Å². The van der Waals surface area contributed by atoms with Gasteiger partial charge in [0.1, 0.15) is 11.5 Å². The van der Waals surface area contributed by atoms with Gasteiger partial charge in [0.05, 0.1) is 0 Å². The fourth-order valence-corrected chi connectivity index (χ4v) is 2.03. The molecule has 1 heterocycles. The number of hydrogen-bond donors (Lipinski definition) is 1. The van der Waals surface area contributed by atoms with Crippen LogP contribution in [0.2, 0.25) is 0 Å². The smallest absolute Gasteiger partial charge is 0.263 e. The number of anilines is 1. The zero-order valence-corrected chi connectivity index (χ0v) is 13.7. The number of benzene rings is 1. The number of aromatic nitrogens is 1. The van der Waals surface area contributed by atoms with Crippen molar-refractivity contribution in [1.29, 1.82) is 0 Å². The van der Waals surface area contributed by atoms with Gasteiger partial charge in [0.25, 0.3) is 5.91 Å². The molecule has 1 aromatic carbocycles. The lowest BCUT2D eigenvalue weighted by Gasteiger charge is -2.12. The number of rotatable bonds is 4. The molecule has 0 fully saturated rings. The maximum atomic E-state index is 11.9. The van der Waals surface area contributed by atoms with E-state index in [2.05, 4.69) is 10.5 Å². The number of ether oxygens (including phenoxy) is 1. The lowest BCUT2D eigenvalue weighted by atomic mass is 9.93. The van der Waals surface area contributed by atoms with Gasteiger partial charge >= 0.3 is 0 Å². The minimum Gasteiger partial charge on any atom is -0.483 e. The molecule has 0 aliphatic carbocycles. The Bertz CT molecular complexity index is 649. The van der Waals surface area contributed by atoms with E-state index in [1.54, 1.807) is 6.07 Å². The maximum Gasteiger partial charge on any atom is 0.263 e. The molecule has 2 rings (SSSR count). The Morgan fingerprint density at radius 3 is 2.45 bits per heavy atom. The Kier molecular flexibility index (Phi) is 4.54. The second-order valence-electron chi connectivity index (χ2n) is 6.38. The van der Waals surface area contributed by atoms with Gasteiger partial charge in [-0.3, -0.25) is 4.79 Å². The van der Waals surface area contributed by atoms with E-state index in [-0.39, 0.29) is 17.9 Å². The fraction of sp³-hybridized carbons (Fsp3) is 0.412. The van der Waals surface area contributed by atoms with Crippen LogP contribution >= 0.6 is 0 Å². The van der Waals surface area contributed by atoms with E-state index in [1.165, 1.54) is 0 Å². The average Bonchev–Trinajstić information content (AvgIpc) is 2.86. The largest absolute Gasteiger partial charge is 0.483 e. The SMILES string of the molecule is Cc1cccc(C)c1OCC(=O)Nc1cc(C(C)(C)C)on1. The number of carbonyl (C=O) groups excluding carboxylic acids is 1. The topological polar surface area (TPSA) is 64.4 Å². The highest BCUT2D eigenvalue weighted by Crippen LogP contribution is 2.25. The molecular weight excluding hydrogens is 280 g/mol. The van der Waals surface area contributed by atoms with Crippen molar-refractivity contribution in [2.75, 3.05) is 11.9 Å². The molecule has 0 radical (unpaired) electrons. The van der Waals surface area contributed by atoms with E-state index in [9.17, 15) is 4.79 Å². The Hall–Kier alpha value is -2.30. The molecule has 0 saturated carbocycles. The van der Waals surface area contributed by atoms with E-state index < -0.39 is 0 Å². The normalized spacial score (nSPS) is 11.3. The molecule has 0 spiro atoms. The van der Waals surface area contributed by atoms with E-state index in [0.29, 0.717) is 5.82 Å². The highest BCUT2D eigenvalue weighted by atomic mass is 16.5. The summed E-state index contributed by atoms with van der Waals surface area (Å²) in [6, 6.07) is 7.60. The minimum absolute atomic E-state index is 0.0661. The summed E-state index contributed by atoms with van der Waals surface area (Å²) in [6.45, 7) is 9.89. The van der Waals surface area contributed by atoms with Gasteiger partial charge in [0, 0.05) is 11.5 Å². The standard InChI is InChI=1S/C17H22N2O3/c1-11-7-6-8-12(2)16(11)21-10-15(20)18-14-9-13(22-19-14)17(3,4)5/h6-9H,10H2,1-5H3,(H,18,19,20). The van der Waals surface area contributed by atoms with E-state index in [1.807, 2.05) is 52.8 Å². The second kappa shape index (κ2) is 6.22. The molecule has 0 atom stereocenters. The Balaban J connectivity index is 1.95. The number of amides is 1. The van der Waals surface area contributed by atoms with Crippen LogP contribution in [-0.4, -0.2) is 17.7 Å². The number of carbonyl (C=O) groups is 1. The summed E-state index contributed by atoms with van der Waals surface area (Å²) in [5.41, 5.74) is 1.86. The molecule has 0 bridgehead atoms. The first kappa shape index (κ1) is 16.1. The van der Waals surface area contributed by atoms with Gasteiger partial charge in [-0.1, -0.05) is 44.1 Å². The van der Waals surface area contributed by atoms with Crippen LogP contribution in [0.25, 0.3) is 0 Å². The van der Waals surface area contributed by atoms with Crippen LogP contribution in [0.15, 0.2) is 28.8 Å². The average molecular weight is 302 g/mol. The molecule has 0 aliphatic heterocycles. The number of nitrogens with zero attached hydrogens (tertiary/aromatic N) is 1. The molecule has 0 aliphatic rings. The summed E-state index contributed by atoms with van der Waals surface area (Å²) < 4.78 is 10.8. The first-order valence-electron chi connectivity index (χ1n) is 7.23. The number of hydrogen-bond acceptors (Lipinski definition) is 4. The van der Waals surface area contributed by atoms with Gasteiger partial charge < -0.3 is 14.6 Å². The second-order valence-corrected chi connectivity index (χ2v) is 6.38. The van der Waals surface area contributed by atoms with Gasteiger partial charge in [-0.15, -0.1) is 0 Å². The van der Waals surface area contributed by atoms with Crippen molar-refractivity contribution in [1.82, 2.24) is 5.16 Å². The third kappa shape index (κ3) is 3.87. The van der Waals surface area contributed by atoms with Gasteiger partial charge in [0.15, 0.2) is 12.4 Å². The lowest BCUT2D eigenvalue weighted by Crippen LogP contribution is -2.20. The van der Waals surface area contributed by atoms with E-state index in [4.69, 9.17) is 9.26 Å². The summed E-state index contributed by atoms with van der Waals surface area (Å²) in [7, 11) is 0. The molecule has 1 aromatic heterocycles. The summed E-state index contributed by atoms with van der Waals surface area (Å²) in [4.78, 5) is 11.9. The van der Waals surface area contributed by atoms with Crippen LogP contribution in [0.5, 0.6) is 5.75 Å². The van der Waals surface area contributed by atoms with Crippen LogP contribution in [-0.2, 0) is 10.2 Å². The zero-order chi connectivity index (χ0) is 16.3. The Labute approximate surface area is 130 Å². The molecule has 0 saturated heterocycles. The first-order valence-corrected chi connectivity index (χ1v) is 7.23. The molecule has 5 heteroatoms. The number of aryl methyl sites for hydroxylation is 2. The van der Waals surface area contributed by atoms with Crippen LogP contribution < -0.4 is 10.1 Å². The predicted molar refractivity (Wildman–Crippen MR) is 85.2 cm³/mol. The molecule has 118 valence electrons. The predicted octanol–water partition coefficient (Wildman–Crippen LogP) is 3.61. The monoisotopic (exact) mass is 302 g/mol. The Morgan fingerprint density at radius 1 is 1.27 bits per heavy atom. The van der Waals surface area contributed by atoms with Crippen molar-refractivity contribution in [3.63, 3.8) is 0 Å². The molecule has 22 heavy (non-hydrogen) atoms.